The highest BCUT2D eigenvalue weighted by Crippen LogP contribution is 2.23. The summed E-state index contributed by atoms with van der Waals surface area (Å²) in [6.45, 7) is 6.28. The van der Waals surface area contributed by atoms with E-state index < -0.39 is 0 Å². The van der Waals surface area contributed by atoms with Gasteiger partial charge in [0, 0.05) is 4.75 Å². The molecule has 0 nitrogen and oxygen atoms in total. The molecule has 0 aliphatic rings. The van der Waals surface area contributed by atoms with Crippen LogP contribution >= 0.6 is 24.0 Å². The fourth-order valence-electron chi connectivity index (χ4n) is 0.250. The molecule has 0 aromatic rings. The maximum atomic E-state index is 4.72. The van der Waals surface area contributed by atoms with Gasteiger partial charge in [0.25, 0.3) is 0 Å². The number of thiocarbonyl (C=S) groups is 1. The molecular weight excluding hydrogens is 156 g/mol. The largest absolute Gasteiger partial charge is 0.422 e. The third-order valence-corrected chi connectivity index (χ3v) is 1.67. The van der Waals surface area contributed by atoms with Gasteiger partial charge in [-0.2, -0.15) is 0 Å². The van der Waals surface area contributed by atoms with Crippen molar-refractivity contribution in [3.63, 3.8) is 0 Å². The fraction of sp³-hybridized carbons (Fsp3) is 0.800. The molecule has 0 aromatic heterocycles. The number of hydrogen-bond donors (Lipinski definition) is 0. The van der Waals surface area contributed by atoms with Crippen LogP contribution in [0.25, 0.3) is 0 Å². The first-order valence-corrected chi connectivity index (χ1v) is 3.95. The van der Waals surface area contributed by atoms with Crippen LogP contribution in [0.1, 0.15) is 20.8 Å². The van der Waals surface area contributed by atoms with Crippen molar-refractivity contribution in [3.05, 3.63) is 0 Å². The summed E-state index contributed by atoms with van der Waals surface area (Å²) < 4.78 is 0.802. The predicted octanol–water partition coefficient (Wildman–Crippen LogP) is 2.35. The second-order valence-electron chi connectivity index (χ2n) is 2.46. The van der Waals surface area contributed by atoms with E-state index in [4.69, 9.17) is 24.8 Å². The smallest absolute Gasteiger partial charge is 0.0107 e. The molecule has 0 rings (SSSR count). The van der Waals surface area contributed by atoms with Crippen LogP contribution in [0.5, 0.6) is 0 Å². The zero-order valence-corrected chi connectivity index (χ0v) is 7.67. The molecule has 3 heteroatoms. The minimum Gasteiger partial charge on any atom is -0.422 e. The van der Waals surface area contributed by atoms with Gasteiger partial charge in [0.1, 0.15) is 0 Å². The summed E-state index contributed by atoms with van der Waals surface area (Å²) in [5.74, 6) is 0. The van der Waals surface area contributed by atoms with Crippen molar-refractivity contribution < 1.29 is 0 Å². The molecule has 0 spiro atoms. The first kappa shape index (κ1) is 8.66. The highest BCUT2D eigenvalue weighted by Gasteiger charge is 2.07. The first-order valence-electron chi connectivity index (χ1n) is 2.32. The van der Waals surface area contributed by atoms with Gasteiger partial charge >= 0.3 is 0 Å². The molecule has 0 N–H and O–H groups in total. The van der Waals surface area contributed by atoms with E-state index >= 15 is 0 Å². The van der Waals surface area contributed by atoms with Crippen LogP contribution in [0.15, 0.2) is 0 Å². The van der Waals surface area contributed by atoms with Gasteiger partial charge in [0.2, 0.25) is 0 Å². The lowest BCUT2D eigenvalue weighted by atomic mass is 10.3. The summed E-state index contributed by atoms with van der Waals surface area (Å²) in [6, 6.07) is 0. The Balaban J connectivity index is 3.55. The Morgan fingerprint density at radius 2 is 1.88 bits per heavy atom. The Kier molecular flexibility index (Phi) is 3.24. The van der Waals surface area contributed by atoms with Crippen molar-refractivity contribution in [3.8, 4) is 0 Å². The van der Waals surface area contributed by atoms with E-state index in [1.165, 1.54) is 0 Å². The maximum Gasteiger partial charge on any atom is 0.0107 e. The summed E-state index contributed by atoms with van der Waals surface area (Å²) in [7, 11) is 0. The minimum atomic E-state index is 0.193. The molecule has 8 heavy (non-hydrogen) atoms. The zero-order chi connectivity index (χ0) is 6.78. The molecule has 0 fully saturated rings. The minimum absolute atomic E-state index is 0.193. The quantitative estimate of drug-likeness (QED) is 0.399. The van der Waals surface area contributed by atoms with Crippen molar-refractivity contribution in [1.29, 1.82) is 0 Å². The molecule has 0 saturated heterocycles. The van der Waals surface area contributed by atoms with Crippen LogP contribution in [0, 0.1) is 0 Å². The normalized spacial score (nSPS) is 11.4. The third-order valence-electron chi connectivity index (χ3n) is 0.390. The van der Waals surface area contributed by atoms with Crippen LogP contribution in [-0.2, 0) is 12.6 Å². The topological polar surface area (TPSA) is 0 Å². The summed E-state index contributed by atoms with van der Waals surface area (Å²) >= 11 is 11.0. The zero-order valence-electron chi connectivity index (χ0n) is 5.22. The molecule has 0 radical (unpaired) electrons. The fourth-order valence-corrected chi connectivity index (χ4v) is 2.25. The van der Waals surface area contributed by atoms with E-state index in [1.54, 1.807) is 11.8 Å². The average molecular weight is 165 g/mol. The molecule has 0 heterocycles. The van der Waals surface area contributed by atoms with Gasteiger partial charge in [-0.25, -0.2) is 0 Å². The Bertz CT molecular complexity index is 90.3. The summed E-state index contributed by atoms with van der Waals surface area (Å²) in [5.41, 5.74) is 0. The number of thioether (sulfide) groups is 1. The van der Waals surface area contributed by atoms with Gasteiger partial charge in [-0.3, -0.25) is 0 Å². The van der Waals surface area contributed by atoms with Gasteiger partial charge < -0.3 is 24.8 Å². The summed E-state index contributed by atoms with van der Waals surface area (Å²) in [4.78, 5) is 0. The molecule has 0 saturated carbocycles. The van der Waals surface area contributed by atoms with E-state index in [-0.39, 0.29) is 4.75 Å². The highest BCUT2D eigenvalue weighted by atomic mass is 32.2. The standard InChI is InChI=1S/C5H10S3/c1-5(2,3)8-4(6)7/h1-3H3,(H,6,7)/p-1. The van der Waals surface area contributed by atoms with Crippen LogP contribution in [-0.4, -0.2) is 8.28 Å². The van der Waals surface area contributed by atoms with Crippen molar-refractivity contribution in [2.24, 2.45) is 0 Å². The number of rotatable bonds is 0. The van der Waals surface area contributed by atoms with E-state index in [0.717, 1.165) is 0 Å². The van der Waals surface area contributed by atoms with Gasteiger partial charge in [0.05, 0.1) is 0 Å². The lowest BCUT2D eigenvalue weighted by molar-refractivity contribution is 0.809. The molecule has 0 amide bonds. The second kappa shape index (κ2) is 2.99. The van der Waals surface area contributed by atoms with E-state index in [9.17, 15) is 0 Å². The average Bonchev–Trinajstić information content (AvgIpc) is 1.21. The molecule has 0 aliphatic heterocycles. The third kappa shape index (κ3) is 6.66. The van der Waals surface area contributed by atoms with Crippen LogP contribution in [0.3, 0.4) is 0 Å². The van der Waals surface area contributed by atoms with Crippen molar-refractivity contribution >= 4 is 40.1 Å². The maximum absolute atomic E-state index is 4.72. The molecule has 0 aliphatic carbocycles. The Hall–Kier alpha value is 0.660. The van der Waals surface area contributed by atoms with Crippen LogP contribution in [0.2, 0.25) is 0 Å². The van der Waals surface area contributed by atoms with Crippen molar-refractivity contribution in [2.45, 2.75) is 25.5 Å². The van der Waals surface area contributed by atoms with Crippen molar-refractivity contribution in [2.75, 3.05) is 0 Å². The summed E-state index contributed by atoms with van der Waals surface area (Å²) in [6.07, 6.45) is 0. The molecule has 0 unspecified atom stereocenters. The van der Waals surface area contributed by atoms with E-state index in [2.05, 4.69) is 20.8 Å². The first-order chi connectivity index (χ1) is 3.42. The Morgan fingerprint density at radius 1 is 1.50 bits per heavy atom. The summed E-state index contributed by atoms with van der Waals surface area (Å²) in [5, 5.41) is 0. The molecule has 0 atom stereocenters. The molecule has 0 aromatic carbocycles. The van der Waals surface area contributed by atoms with Gasteiger partial charge in [0.15, 0.2) is 0 Å². The monoisotopic (exact) mass is 165 g/mol. The lowest BCUT2D eigenvalue weighted by Crippen LogP contribution is -2.09. The van der Waals surface area contributed by atoms with Gasteiger partial charge in [-0.05, 0) is 0 Å². The molecular formula is C5H9S3-. The van der Waals surface area contributed by atoms with Crippen LogP contribution in [0.4, 0.5) is 0 Å². The SMILES string of the molecule is CC(C)(C)SC(=S)[S-]. The molecule has 0 bridgehead atoms. The van der Waals surface area contributed by atoms with E-state index in [1.807, 2.05) is 0 Å². The highest BCUT2D eigenvalue weighted by molar-refractivity contribution is 8.37. The Morgan fingerprint density at radius 3 is 1.88 bits per heavy atom. The lowest BCUT2D eigenvalue weighted by Gasteiger charge is -2.19. The van der Waals surface area contributed by atoms with Crippen LogP contribution < -0.4 is 0 Å². The Labute approximate surface area is 65.8 Å². The van der Waals surface area contributed by atoms with Crippen molar-refractivity contribution in [1.82, 2.24) is 0 Å². The van der Waals surface area contributed by atoms with Gasteiger partial charge in [-0.1, -0.05) is 24.3 Å². The number of hydrogen-bond acceptors (Lipinski definition) is 3. The van der Waals surface area contributed by atoms with E-state index in [0.29, 0.717) is 3.53 Å². The second-order valence-corrected chi connectivity index (χ2v) is 5.89. The predicted molar refractivity (Wildman–Crippen MR) is 47.3 cm³/mol. The van der Waals surface area contributed by atoms with Gasteiger partial charge in [-0.15, -0.1) is 11.8 Å². The molecule has 48 valence electrons.